The third-order valence-electron chi connectivity index (χ3n) is 5.53. The number of hydrogen-bond acceptors (Lipinski definition) is 5. The van der Waals surface area contributed by atoms with Gasteiger partial charge in [0.25, 0.3) is 0 Å². The Bertz CT molecular complexity index is 699. The molecule has 1 rings (SSSR count). The van der Waals surface area contributed by atoms with Crippen LogP contribution in [0.1, 0.15) is 54.7 Å². The summed E-state index contributed by atoms with van der Waals surface area (Å²) in [6, 6.07) is 3.90. The van der Waals surface area contributed by atoms with Crippen LogP contribution in [-0.4, -0.2) is 62.7 Å². The summed E-state index contributed by atoms with van der Waals surface area (Å²) in [5, 5.41) is 9.94. The summed E-state index contributed by atoms with van der Waals surface area (Å²) in [4.78, 5) is 12.1. The summed E-state index contributed by atoms with van der Waals surface area (Å²) in [5.74, 6) is -0.927. The SMILES string of the molecule is C[SiH2]OC(O[SiH2]C)C(C)(C)c1cc(C(=O)O)c(C)c(C(C)(C)C(O[SiH2]C)O[SiH2]C)c1. The lowest BCUT2D eigenvalue weighted by Crippen LogP contribution is -2.42. The lowest BCUT2D eigenvalue weighted by atomic mass is 9.75. The lowest BCUT2D eigenvalue weighted by molar-refractivity contribution is -0.0456. The Morgan fingerprint density at radius 1 is 0.833 bits per heavy atom. The van der Waals surface area contributed by atoms with Gasteiger partial charge in [0.2, 0.25) is 0 Å². The first kappa shape index (κ1) is 27.4. The van der Waals surface area contributed by atoms with Crippen molar-refractivity contribution in [2.75, 3.05) is 0 Å². The van der Waals surface area contributed by atoms with Gasteiger partial charge in [0.1, 0.15) is 12.6 Å². The van der Waals surface area contributed by atoms with Gasteiger partial charge in [-0.15, -0.1) is 0 Å². The molecule has 172 valence electrons. The van der Waals surface area contributed by atoms with Crippen LogP contribution >= 0.6 is 0 Å². The Balaban J connectivity index is 3.69. The summed E-state index contributed by atoms with van der Waals surface area (Å²) in [6.07, 6.45) is -0.723. The fraction of sp³-hybridized carbons (Fsp3) is 0.650. The van der Waals surface area contributed by atoms with Gasteiger partial charge in [0, 0.05) is 10.8 Å². The molecule has 6 nitrogen and oxygen atoms in total. The van der Waals surface area contributed by atoms with E-state index in [1.165, 1.54) is 0 Å². The number of benzene rings is 1. The number of aromatic carboxylic acids is 1. The van der Waals surface area contributed by atoms with E-state index < -0.39 is 55.9 Å². The van der Waals surface area contributed by atoms with Crippen molar-refractivity contribution >= 4 is 45.0 Å². The van der Waals surface area contributed by atoms with Crippen LogP contribution in [0.25, 0.3) is 0 Å². The summed E-state index contributed by atoms with van der Waals surface area (Å²) >= 11 is 0. The van der Waals surface area contributed by atoms with Gasteiger partial charge >= 0.3 is 5.97 Å². The third kappa shape index (κ3) is 6.22. The molecule has 0 amide bonds. The van der Waals surface area contributed by atoms with E-state index in [2.05, 4.69) is 59.9 Å². The highest BCUT2D eigenvalue weighted by Gasteiger charge is 2.38. The second-order valence-corrected chi connectivity index (χ2v) is 12.1. The fourth-order valence-corrected chi connectivity index (χ4v) is 7.42. The number of carbonyl (C=O) groups is 1. The highest BCUT2D eigenvalue weighted by atomic mass is 28.2. The number of rotatable bonds is 13. The molecule has 1 aromatic rings. The topological polar surface area (TPSA) is 74.2 Å². The van der Waals surface area contributed by atoms with Crippen LogP contribution in [0.2, 0.25) is 26.2 Å². The molecule has 0 saturated carbocycles. The summed E-state index contributed by atoms with van der Waals surface area (Å²) in [5.41, 5.74) is 1.96. The standard InChI is InChI=1S/C20H40O6Si4/c1-12-14(16(21)22)10-13(19(2,3)17(23-27-6)24-28-7)11-15(12)20(4,5)18(25-29-8)26-30-9/h10-11,17-18H,27-30H2,1-9H3,(H,21,22). The predicted molar refractivity (Wildman–Crippen MR) is 134 cm³/mol. The van der Waals surface area contributed by atoms with Crippen LogP contribution in [0.15, 0.2) is 12.1 Å². The molecular formula is C20H40O6Si4. The van der Waals surface area contributed by atoms with Gasteiger partial charge in [-0.3, -0.25) is 0 Å². The Hall–Kier alpha value is -0.602. The maximum Gasteiger partial charge on any atom is 0.335 e. The second kappa shape index (κ2) is 11.9. The van der Waals surface area contributed by atoms with Gasteiger partial charge in [-0.2, -0.15) is 0 Å². The average molecular weight is 489 g/mol. The molecule has 0 aromatic heterocycles. The van der Waals surface area contributed by atoms with Crippen molar-refractivity contribution in [1.29, 1.82) is 0 Å². The van der Waals surface area contributed by atoms with Crippen molar-refractivity contribution < 1.29 is 27.6 Å². The van der Waals surface area contributed by atoms with Crippen molar-refractivity contribution in [3.05, 3.63) is 34.4 Å². The van der Waals surface area contributed by atoms with Crippen molar-refractivity contribution in [1.82, 2.24) is 0 Å². The van der Waals surface area contributed by atoms with Crippen molar-refractivity contribution in [3.63, 3.8) is 0 Å². The number of hydrogen-bond donors (Lipinski definition) is 1. The molecule has 0 atom stereocenters. The first-order chi connectivity index (χ1) is 14.0. The molecule has 1 N–H and O–H groups in total. The van der Waals surface area contributed by atoms with E-state index in [9.17, 15) is 9.90 Å². The Kier molecular flexibility index (Phi) is 10.8. The maximum absolute atomic E-state index is 12.1. The normalized spacial score (nSPS) is 16.2. The molecule has 0 bridgehead atoms. The monoisotopic (exact) mass is 488 g/mol. The molecule has 1 aromatic carbocycles. The molecule has 30 heavy (non-hydrogen) atoms. The van der Waals surface area contributed by atoms with Crippen LogP contribution < -0.4 is 0 Å². The van der Waals surface area contributed by atoms with E-state index in [-0.39, 0.29) is 12.6 Å². The molecule has 0 aliphatic heterocycles. The zero-order valence-electron chi connectivity index (χ0n) is 20.1. The zero-order valence-corrected chi connectivity index (χ0v) is 25.8. The number of carboxylic acids is 1. The summed E-state index contributed by atoms with van der Waals surface area (Å²) in [6.45, 7) is 18.5. The average Bonchev–Trinajstić information content (AvgIpc) is 2.67. The molecule has 0 saturated heterocycles. The van der Waals surface area contributed by atoms with Crippen LogP contribution in [0, 0.1) is 6.92 Å². The molecule has 0 aliphatic rings. The number of carboxylic acid groups (broad SMARTS) is 1. The third-order valence-corrected chi connectivity index (χ3v) is 8.07. The van der Waals surface area contributed by atoms with E-state index in [1.807, 2.05) is 6.92 Å². The highest BCUT2D eigenvalue weighted by molar-refractivity contribution is 6.26. The predicted octanol–water partition coefficient (Wildman–Crippen LogP) is 1.49. The Morgan fingerprint density at radius 2 is 1.23 bits per heavy atom. The maximum atomic E-state index is 12.1. The van der Waals surface area contributed by atoms with E-state index in [1.54, 1.807) is 6.07 Å². The Labute approximate surface area is 191 Å². The van der Waals surface area contributed by atoms with Crippen LogP contribution in [0.3, 0.4) is 0 Å². The second-order valence-electron chi connectivity index (χ2n) is 8.43. The van der Waals surface area contributed by atoms with Crippen LogP contribution in [0.4, 0.5) is 0 Å². The quantitative estimate of drug-likeness (QED) is 0.335. The molecule has 0 radical (unpaired) electrons. The van der Waals surface area contributed by atoms with Crippen molar-refractivity contribution in [2.24, 2.45) is 0 Å². The molecule has 10 heteroatoms. The minimum absolute atomic E-state index is 0.311. The van der Waals surface area contributed by atoms with Crippen molar-refractivity contribution in [3.8, 4) is 0 Å². The first-order valence-electron chi connectivity index (χ1n) is 10.8. The van der Waals surface area contributed by atoms with Crippen LogP contribution in [-0.2, 0) is 28.5 Å². The van der Waals surface area contributed by atoms with E-state index in [0.29, 0.717) is 5.56 Å². The zero-order chi connectivity index (χ0) is 23.1. The van der Waals surface area contributed by atoms with Gasteiger partial charge in [-0.05, 0) is 29.7 Å². The smallest absolute Gasteiger partial charge is 0.335 e. The molecular weight excluding hydrogens is 449 g/mol. The van der Waals surface area contributed by atoms with E-state index in [4.69, 9.17) is 17.7 Å². The Morgan fingerprint density at radius 3 is 1.60 bits per heavy atom. The molecule has 0 unspecified atom stereocenters. The summed E-state index contributed by atoms with van der Waals surface area (Å²) < 4.78 is 24.2. The molecule has 0 spiro atoms. The highest BCUT2D eigenvalue weighted by Crippen LogP contribution is 2.38. The van der Waals surface area contributed by atoms with Crippen LogP contribution in [0.5, 0.6) is 0 Å². The van der Waals surface area contributed by atoms with Crippen molar-refractivity contribution in [2.45, 2.75) is 84.2 Å². The van der Waals surface area contributed by atoms with Gasteiger partial charge in [-0.25, -0.2) is 4.79 Å². The van der Waals surface area contributed by atoms with Gasteiger partial charge in [0.05, 0.1) is 5.56 Å². The summed E-state index contributed by atoms with van der Waals surface area (Å²) in [7, 11) is -2.75. The molecule has 0 heterocycles. The lowest BCUT2D eigenvalue weighted by Gasteiger charge is -2.39. The molecule has 0 aliphatic carbocycles. The first-order valence-corrected chi connectivity index (χ1v) is 18.8. The van der Waals surface area contributed by atoms with Gasteiger partial charge in [0.15, 0.2) is 39.1 Å². The van der Waals surface area contributed by atoms with Gasteiger partial charge in [-0.1, -0.05) is 59.9 Å². The van der Waals surface area contributed by atoms with E-state index >= 15 is 0 Å². The van der Waals surface area contributed by atoms with E-state index in [0.717, 1.165) is 16.7 Å². The van der Waals surface area contributed by atoms with Gasteiger partial charge < -0.3 is 22.8 Å². The largest absolute Gasteiger partial charge is 0.478 e. The fourth-order valence-electron chi connectivity index (χ4n) is 3.78. The molecule has 0 fully saturated rings. The minimum Gasteiger partial charge on any atom is -0.478 e. The minimum atomic E-state index is -0.927.